The monoisotopic (exact) mass is 412 g/mol. The number of aromatic nitrogens is 2. The summed E-state index contributed by atoms with van der Waals surface area (Å²) in [5.41, 5.74) is 2.64. The highest BCUT2D eigenvalue weighted by Crippen LogP contribution is 2.35. The van der Waals surface area contributed by atoms with Crippen LogP contribution < -0.4 is 5.56 Å². The van der Waals surface area contributed by atoms with Gasteiger partial charge in [0.15, 0.2) is 6.39 Å². The topological polar surface area (TPSA) is 80.8 Å². The van der Waals surface area contributed by atoms with Gasteiger partial charge in [0.25, 0.3) is 11.5 Å². The Balaban J connectivity index is 1.36. The Morgan fingerprint density at radius 3 is 2.93 bits per heavy atom. The summed E-state index contributed by atoms with van der Waals surface area (Å²) >= 11 is 0. The molecule has 3 aliphatic rings. The summed E-state index contributed by atoms with van der Waals surface area (Å²) in [4.78, 5) is 34.4. The maximum atomic E-state index is 13.3. The first kappa shape index (κ1) is 19.5. The molecule has 2 atom stereocenters. The van der Waals surface area contributed by atoms with Crippen LogP contribution in [0.25, 0.3) is 0 Å². The van der Waals surface area contributed by atoms with E-state index in [9.17, 15) is 9.59 Å². The molecule has 0 N–H and O–H groups in total. The number of carbonyl (C=O) groups is 1. The Bertz CT molecular complexity index is 989. The molecule has 1 amide bonds. The number of fused-ring (bicyclic) bond motifs is 4. The van der Waals surface area contributed by atoms with E-state index >= 15 is 0 Å². The average Bonchev–Trinajstić information content (AvgIpc) is 3.00. The summed E-state index contributed by atoms with van der Waals surface area (Å²) in [6, 6.07) is 4.08. The third-order valence-corrected chi connectivity index (χ3v) is 6.62. The molecule has 2 saturated heterocycles. The van der Waals surface area contributed by atoms with Gasteiger partial charge in [0.1, 0.15) is 0 Å². The van der Waals surface area contributed by atoms with Crippen molar-refractivity contribution in [2.45, 2.75) is 38.8 Å². The van der Waals surface area contributed by atoms with E-state index in [4.69, 9.17) is 9.15 Å². The van der Waals surface area contributed by atoms with Gasteiger partial charge >= 0.3 is 0 Å². The van der Waals surface area contributed by atoms with Crippen LogP contribution in [0.2, 0.25) is 0 Å². The van der Waals surface area contributed by atoms with Crippen LogP contribution in [0.1, 0.15) is 46.3 Å². The van der Waals surface area contributed by atoms with E-state index in [2.05, 4.69) is 16.0 Å². The van der Waals surface area contributed by atoms with Gasteiger partial charge in [-0.15, -0.1) is 0 Å². The van der Waals surface area contributed by atoms with Gasteiger partial charge in [-0.05, 0) is 31.7 Å². The van der Waals surface area contributed by atoms with Gasteiger partial charge in [-0.2, -0.15) is 0 Å². The summed E-state index contributed by atoms with van der Waals surface area (Å²) < 4.78 is 12.8. The molecule has 160 valence electrons. The maximum Gasteiger partial charge on any atom is 0.291 e. The fourth-order valence-electron chi connectivity index (χ4n) is 5.12. The van der Waals surface area contributed by atoms with E-state index in [1.54, 1.807) is 6.92 Å². The molecule has 0 aromatic carbocycles. The maximum absolute atomic E-state index is 13.3. The molecule has 2 aromatic rings. The molecule has 0 radical (unpaired) electrons. The number of hydrogen-bond donors (Lipinski definition) is 0. The van der Waals surface area contributed by atoms with Crippen molar-refractivity contribution in [3.63, 3.8) is 0 Å². The quantitative estimate of drug-likeness (QED) is 0.762. The number of aryl methyl sites for hydroxylation is 1. The molecule has 8 heteroatoms. The number of oxazole rings is 1. The standard InChI is InChI=1S/C22H28N4O4/c1-15-20(30-14-23-15)22(28)25-10-16-9-18(13-25)19-4-3-17(21(27)26(19)11-16)12-24-5-2-7-29-8-6-24/h3-4,14,16,18H,2,5-13H2,1H3/t16-,18+/m0/s1. The summed E-state index contributed by atoms with van der Waals surface area (Å²) in [6.07, 6.45) is 3.34. The second-order valence-electron chi connectivity index (χ2n) is 8.72. The van der Waals surface area contributed by atoms with Gasteiger partial charge < -0.3 is 18.6 Å². The molecular formula is C22H28N4O4. The lowest BCUT2D eigenvalue weighted by Gasteiger charge is -2.42. The minimum atomic E-state index is -0.101. The molecule has 2 fully saturated rings. The van der Waals surface area contributed by atoms with Crippen LogP contribution in [0.4, 0.5) is 0 Å². The van der Waals surface area contributed by atoms with Gasteiger partial charge in [0.2, 0.25) is 5.76 Å². The molecule has 0 unspecified atom stereocenters. The van der Waals surface area contributed by atoms with E-state index in [1.165, 1.54) is 6.39 Å². The lowest BCUT2D eigenvalue weighted by Crippen LogP contribution is -2.49. The number of nitrogens with zero attached hydrogens (tertiary/aromatic N) is 4. The van der Waals surface area contributed by atoms with Crippen molar-refractivity contribution in [2.75, 3.05) is 39.4 Å². The van der Waals surface area contributed by atoms with Crippen LogP contribution in [-0.4, -0.2) is 64.7 Å². The molecule has 0 spiro atoms. The summed E-state index contributed by atoms with van der Waals surface area (Å²) in [5.74, 6) is 0.681. The van der Waals surface area contributed by atoms with E-state index in [0.717, 1.165) is 50.4 Å². The summed E-state index contributed by atoms with van der Waals surface area (Å²) in [6.45, 7) is 7.74. The van der Waals surface area contributed by atoms with Crippen molar-refractivity contribution < 1.29 is 13.9 Å². The molecule has 2 bridgehead atoms. The first-order chi connectivity index (χ1) is 14.6. The normalized spacial score (nSPS) is 24.4. The fraction of sp³-hybridized carbons (Fsp3) is 0.591. The highest BCUT2D eigenvalue weighted by molar-refractivity contribution is 5.92. The van der Waals surface area contributed by atoms with Crippen LogP contribution >= 0.6 is 0 Å². The first-order valence-corrected chi connectivity index (χ1v) is 10.8. The molecular weight excluding hydrogens is 384 g/mol. The van der Waals surface area contributed by atoms with Crippen LogP contribution in [0.3, 0.4) is 0 Å². The predicted octanol–water partition coefficient (Wildman–Crippen LogP) is 1.63. The lowest BCUT2D eigenvalue weighted by atomic mass is 9.83. The largest absolute Gasteiger partial charge is 0.438 e. The number of carbonyl (C=O) groups excluding carboxylic acids is 1. The van der Waals surface area contributed by atoms with Crippen LogP contribution in [0.15, 0.2) is 27.7 Å². The Morgan fingerprint density at radius 1 is 1.20 bits per heavy atom. The van der Waals surface area contributed by atoms with Gasteiger partial charge in [-0.3, -0.25) is 14.5 Å². The predicted molar refractivity (Wildman–Crippen MR) is 109 cm³/mol. The first-order valence-electron chi connectivity index (χ1n) is 10.8. The minimum Gasteiger partial charge on any atom is -0.438 e. The number of hydrogen-bond acceptors (Lipinski definition) is 6. The van der Waals surface area contributed by atoms with Crippen LogP contribution in [0.5, 0.6) is 0 Å². The van der Waals surface area contributed by atoms with Crippen molar-refractivity contribution in [1.29, 1.82) is 0 Å². The molecule has 30 heavy (non-hydrogen) atoms. The zero-order valence-corrected chi connectivity index (χ0v) is 17.4. The lowest BCUT2D eigenvalue weighted by molar-refractivity contribution is 0.0562. The van der Waals surface area contributed by atoms with Gasteiger partial charge in [0.05, 0.1) is 12.3 Å². The highest BCUT2D eigenvalue weighted by Gasteiger charge is 2.38. The average molecular weight is 412 g/mol. The zero-order valence-electron chi connectivity index (χ0n) is 17.4. The molecule has 0 aliphatic carbocycles. The van der Waals surface area contributed by atoms with E-state index < -0.39 is 0 Å². The SMILES string of the molecule is Cc1ncoc1C(=O)N1C[C@@H]2C[C@H](C1)c1ccc(CN3CCCOCC3)c(=O)n1C2. The Morgan fingerprint density at radius 2 is 2.10 bits per heavy atom. The number of piperidine rings is 1. The van der Waals surface area contributed by atoms with Crippen molar-refractivity contribution in [3.05, 3.63) is 51.6 Å². The third kappa shape index (κ3) is 3.58. The van der Waals surface area contributed by atoms with Crippen LogP contribution in [0, 0.1) is 12.8 Å². The molecule has 5 rings (SSSR count). The number of ether oxygens (including phenoxy) is 1. The Kier molecular flexibility index (Phi) is 5.20. The van der Waals surface area contributed by atoms with Crippen molar-refractivity contribution >= 4 is 5.91 Å². The summed E-state index contributed by atoms with van der Waals surface area (Å²) in [5, 5.41) is 0. The van der Waals surface area contributed by atoms with Gasteiger partial charge in [0, 0.05) is 63.1 Å². The molecule has 0 saturated carbocycles. The van der Waals surface area contributed by atoms with E-state index in [-0.39, 0.29) is 23.3 Å². The van der Waals surface area contributed by atoms with Crippen molar-refractivity contribution in [3.8, 4) is 0 Å². The minimum absolute atomic E-state index is 0.101. The van der Waals surface area contributed by atoms with Gasteiger partial charge in [-0.25, -0.2) is 4.98 Å². The Labute approximate surface area is 175 Å². The second-order valence-corrected chi connectivity index (χ2v) is 8.72. The highest BCUT2D eigenvalue weighted by atomic mass is 16.5. The smallest absolute Gasteiger partial charge is 0.291 e. The fourth-order valence-corrected chi connectivity index (χ4v) is 5.12. The molecule has 3 aliphatic heterocycles. The third-order valence-electron chi connectivity index (χ3n) is 6.62. The van der Waals surface area contributed by atoms with Crippen molar-refractivity contribution in [2.24, 2.45) is 5.92 Å². The number of rotatable bonds is 3. The zero-order chi connectivity index (χ0) is 20.7. The van der Waals surface area contributed by atoms with E-state index in [1.807, 2.05) is 15.5 Å². The molecule has 8 nitrogen and oxygen atoms in total. The number of amides is 1. The number of pyridine rings is 1. The summed E-state index contributed by atoms with van der Waals surface area (Å²) in [7, 11) is 0. The van der Waals surface area contributed by atoms with Crippen molar-refractivity contribution in [1.82, 2.24) is 19.4 Å². The Hall–Kier alpha value is -2.45. The van der Waals surface area contributed by atoms with Crippen LogP contribution in [-0.2, 0) is 17.8 Å². The molecule has 5 heterocycles. The molecule has 2 aromatic heterocycles. The van der Waals surface area contributed by atoms with E-state index in [0.29, 0.717) is 37.6 Å². The van der Waals surface area contributed by atoms with Gasteiger partial charge in [-0.1, -0.05) is 6.07 Å². The second kappa shape index (κ2) is 8.00. The number of likely N-dealkylation sites (tertiary alicyclic amines) is 1.